The van der Waals surface area contributed by atoms with Crippen LogP contribution in [0, 0.1) is 6.92 Å². The Morgan fingerprint density at radius 3 is 2.87 bits per heavy atom. The summed E-state index contributed by atoms with van der Waals surface area (Å²) >= 11 is 1.68. The smallest absolute Gasteiger partial charge is 0.0898 e. The molecule has 0 aromatic carbocycles. The first-order valence-corrected chi connectivity index (χ1v) is 5.70. The summed E-state index contributed by atoms with van der Waals surface area (Å²) in [5, 5.41) is 10.6. The molecule has 2 aromatic heterocycles. The van der Waals surface area contributed by atoms with Gasteiger partial charge in [-0.1, -0.05) is 0 Å². The first-order valence-electron chi connectivity index (χ1n) is 4.82. The van der Waals surface area contributed by atoms with Crippen molar-refractivity contribution in [1.29, 1.82) is 0 Å². The molecule has 0 spiro atoms. The number of rotatable bonds is 3. The van der Waals surface area contributed by atoms with Crippen LogP contribution in [-0.2, 0) is 7.05 Å². The summed E-state index contributed by atoms with van der Waals surface area (Å²) in [7, 11) is 1.91. The lowest BCUT2D eigenvalue weighted by atomic mass is 10.2. The molecule has 0 radical (unpaired) electrons. The van der Waals surface area contributed by atoms with E-state index in [4.69, 9.17) is 0 Å². The van der Waals surface area contributed by atoms with Gasteiger partial charge in [-0.2, -0.15) is 5.10 Å². The van der Waals surface area contributed by atoms with Crippen LogP contribution in [0.25, 0.3) is 0 Å². The number of aromatic nitrogens is 3. The van der Waals surface area contributed by atoms with Crippen molar-refractivity contribution >= 4 is 17.0 Å². The Bertz CT molecular complexity index is 446. The second-order valence-corrected chi connectivity index (χ2v) is 4.62. The molecule has 15 heavy (non-hydrogen) atoms. The summed E-state index contributed by atoms with van der Waals surface area (Å²) in [5.41, 5.74) is 2.11. The number of thiazole rings is 1. The van der Waals surface area contributed by atoms with E-state index in [9.17, 15) is 0 Å². The first-order chi connectivity index (χ1) is 7.15. The van der Waals surface area contributed by atoms with E-state index in [-0.39, 0.29) is 6.04 Å². The van der Waals surface area contributed by atoms with E-state index in [0.29, 0.717) is 0 Å². The van der Waals surface area contributed by atoms with Gasteiger partial charge in [-0.3, -0.25) is 4.68 Å². The highest BCUT2D eigenvalue weighted by atomic mass is 32.1. The van der Waals surface area contributed by atoms with Crippen LogP contribution >= 0.6 is 11.3 Å². The van der Waals surface area contributed by atoms with Crippen LogP contribution < -0.4 is 5.32 Å². The highest BCUT2D eigenvalue weighted by Gasteiger charge is 2.09. The fourth-order valence-electron chi connectivity index (χ4n) is 1.40. The topological polar surface area (TPSA) is 42.7 Å². The molecule has 0 aliphatic carbocycles. The molecule has 2 heterocycles. The Hall–Kier alpha value is -1.36. The zero-order valence-electron chi connectivity index (χ0n) is 9.06. The van der Waals surface area contributed by atoms with E-state index < -0.39 is 0 Å². The molecule has 2 rings (SSSR count). The van der Waals surface area contributed by atoms with Crippen molar-refractivity contribution in [3.8, 4) is 0 Å². The van der Waals surface area contributed by atoms with Crippen LogP contribution in [0.3, 0.4) is 0 Å². The van der Waals surface area contributed by atoms with Gasteiger partial charge in [0.25, 0.3) is 0 Å². The van der Waals surface area contributed by atoms with Gasteiger partial charge in [0.1, 0.15) is 0 Å². The standard InChI is InChI=1S/C10H14N4S/c1-7(10-6-15-8(2)13-10)12-9-4-11-14(3)5-9/h4-7,12H,1-3H3. The number of nitrogens with one attached hydrogen (secondary N) is 1. The Kier molecular flexibility index (Phi) is 2.73. The van der Waals surface area contributed by atoms with E-state index in [0.717, 1.165) is 16.4 Å². The van der Waals surface area contributed by atoms with E-state index in [1.807, 2.05) is 26.4 Å². The largest absolute Gasteiger partial charge is 0.374 e. The third kappa shape index (κ3) is 2.36. The van der Waals surface area contributed by atoms with Crippen LogP contribution in [0.5, 0.6) is 0 Å². The predicted octanol–water partition coefficient (Wildman–Crippen LogP) is 2.36. The minimum Gasteiger partial charge on any atom is -0.374 e. The molecule has 2 aromatic rings. The molecule has 4 nitrogen and oxygen atoms in total. The second kappa shape index (κ2) is 4.02. The van der Waals surface area contributed by atoms with Crippen LogP contribution in [0.4, 0.5) is 5.69 Å². The summed E-state index contributed by atoms with van der Waals surface area (Å²) < 4.78 is 1.78. The Balaban J connectivity index is 2.06. The molecular formula is C10H14N4S. The van der Waals surface area contributed by atoms with Crippen LogP contribution in [-0.4, -0.2) is 14.8 Å². The molecule has 0 bridgehead atoms. The van der Waals surface area contributed by atoms with Crippen molar-refractivity contribution < 1.29 is 0 Å². The SMILES string of the molecule is Cc1nc(C(C)Nc2cnn(C)c2)cs1. The average molecular weight is 222 g/mol. The fraction of sp³-hybridized carbons (Fsp3) is 0.400. The van der Waals surface area contributed by atoms with E-state index in [2.05, 4.69) is 27.7 Å². The Morgan fingerprint density at radius 1 is 1.53 bits per heavy atom. The van der Waals surface area contributed by atoms with Gasteiger partial charge in [0, 0.05) is 18.6 Å². The minimum atomic E-state index is 0.221. The molecule has 0 saturated heterocycles. The molecule has 0 aliphatic rings. The molecular weight excluding hydrogens is 208 g/mol. The maximum atomic E-state index is 4.44. The highest BCUT2D eigenvalue weighted by molar-refractivity contribution is 7.09. The summed E-state index contributed by atoms with van der Waals surface area (Å²) in [6, 6.07) is 0.221. The lowest BCUT2D eigenvalue weighted by molar-refractivity contribution is 0.767. The maximum Gasteiger partial charge on any atom is 0.0898 e. The highest BCUT2D eigenvalue weighted by Crippen LogP contribution is 2.20. The van der Waals surface area contributed by atoms with E-state index in [1.165, 1.54) is 0 Å². The lowest BCUT2D eigenvalue weighted by Crippen LogP contribution is -2.06. The molecule has 0 amide bonds. The Morgan fingerprint density at radius 2 is 2.33 bits per heavy atom. The van der Waals surface area contributed by atoms with Gasteiger partial charge in [-0.05, 0) is 13.8 Å². The summed E-state index contributed by atoms with van der Waals surface area (Å²) in [6.07, 6.45) is 3.77. The summed E-state index contributed by atoms with van der Waals surface area (Å²) in [5.74, 6) is 0. The van der Waals surface area contributed by atoms with Crippen LogP contribution in [0.1, 0.15) is 23.7 Å². The molecule has 1 atom stereocenters. The minimum absolute atomic E-state index is 0.221. The van der Waals surface area contributed by atoms with Crippen molar-refractivity contribution in [3.05, 3.63) is 28.5 Å². The van der Waals surface area contributed by atoms with Crippen LogP contribution in [0.15, 0.2) is 17.8 Å². The van der Waals surface area contributed by atoms with Crippen molar-refractivity contribution in [2.24, 2.45) is 7.05 Å². The zero-order chi connectivity index (χ0) is 10.8. The van der Waals surface area contributed by atoms with Gasteiger partial charge in [-0.15, -0.1) is 11.3 Å². The third-order valence-corrected chi connectivity index (χ3v) is 2.96. The molecule has 5 heteroatoms. The third-order valence-electron chi connectivity index (χ3n) is 2.17. The molecule has 1 N–H and O–H groups in total. The van der Waals surface area contributed by atoms with Crippen molar-refractivity contribution in [2.75, 3.05) is 5.32 Å². The van der Waals surface area contributed by atoms with Gasteiger partial charge >= 0.3 is 0 Å². The number of anilines is 1. The maximum absolute atomic E-state index is 4.44. The fourth-order valence-corrected chi connectivity index (χ4v) is 2.10. The molecule has 80 valence electrons. The number of aryl methyl sites for hydroxylation is 2. The van der Waals surface area contributed by atoms with E-state index in [1.54, 1.807) is 16.0 Å². The second-order valence-electron chi connectivity index (χ2n) is 3.56. The zero-order valence-corrected chi connectivity index (χ0v) is 9.88. The van der Waals surface area contributed by atoms with Gasteiger partial charge in [0.05, 0.1) is 28.6 Å². The Labute approximate surface area is 93.0 Å². The van der Waals surface area contributed by atoms with Gasteiger partial charge in [0.15, 0.2) is 0 Å². The number of nitrogens with zero attached hydrogens (tertiary/aromatic N) is 3. The lowest BCUT2D eigenvalue weighted by Gasteiger charge is -2.10. The van der Waals surface area contributed by atoms with Crippen molar-refractivity contribution in [2.45, 2.75) is 19.9 Å². The molecule has 1 unspecified atom stereocenters. The summed E-state index contributed by atoms with van der Waals surface area (Å²) in [4.78, 5) is 4.44. The van der Waals surface area contributed by atoms with Crippen molar-refractivity contribution in [3.63, 3.8) is 0 Å². The van der Waals surface area contributed by atoms with Crippen molar-refractivity contribution in [1.82, 2.24) is 14.8 Å². The molecule has 0 aliphatic heterocycles. The van der Waals surface area contributed by atoms with Crippen LogP contribution in [0.2, 0.25) is 0 Å². The summed E-state index contributed by atoms with van der Waals surface area (Å²) in [6.45, 7) is 4.12. The first kappa shape index (κ1) is 10.2. The monoisotopic (exact) mass is 222 g/mol. The number of hydrogen-bond donors (Lipinski definition) is 1. The van der Waals surface area contributed by atoms with Gasteiger partial charge in [-0.25, -0.2) is 4.98 Å². The average Bonchev–Trinajstić information content (AvgIpc) is 2.75. The van der Waals surface area contributed by atoms with E-state index >= 15 is 0 Å². The molecule has 0 saturated carbocycles. The number of hydrogen-bond acceptors (Lipinski definition) is 4. The van der Waals surface area contributed by atoms with Gasteiger partial charge < -0.3 is 5.32 Å². The van der Waals surface area contributed by atoms with Gasteiger partial charge in [0.2, 0.25) is 0 Å². The normalized spacial score (nSPS) is 12.7. The quantitative estimate of drug-likeness (QED) is 0.867. The predicted molar refractivity (Wildman–Crippen MR) is 62.1 cm³/mol. The molecule has 0 fully saturated rings.